The van der Waals surface area contributed by atoms with Crippen molar-refractivity contribution in [1.82, 2.24) is 18.8 Å². The van der Waals surface area contributed by atoms with Crippen molar-refractivity contribution in [3.8, 4) is 0 Å². The number of nitrogens with zero attached hydrogens (tertiary/aromatic N) is 3. The fraction of sp³-hybridized carbons (Fsp3) is 0.846. The van der Waals surface area contributed by atoms with E-state index in [-0.39, 0.29) is 38.0 Å². The SMILES string of the molecule is CNC(=O)C1CN(C(C)=O)CCN(S(=O)(=O)N2CCOCC2)C1. The monoisotopic (exact) mass is 348 g/mol. The van der Waals surface area contributed by atoms with E-state index in [1.54, 1.807) is 0 Å². The molecule has 0 aliphatic carbocycles. The second-order valence-electron chi connectivity index (χ2n) is 5.65. The first-order chi connectivity index (χ1) is 10.9. The molecule has 2 amide bonds. The standard InChI is InChI=1S/C13H24N4O5S/c1-11(18)15-3-4-17(10-12(9-15)13(19)14-2)23(20,21)16-5-7-22-8-6-16/h12H,3-10H2,1-2H3,(H,14,19). The third kappa shape index (κ3) is 4.19. The highest BCUT2D eigenvalue weighted by Crippen LogP contribution is 2.17. The maximum absolute atomic E-state index is 12.8. The molecule has 0 aromatic rings. The summed E-state index contributed by atoms with van der Waals surface area (Å²) >= 11 is 0. The molecule has 2 fully saturated rings. The van der Waals surface area contributed by atoms with Gasteiger partial charge in [0.2, 0.25) is 11.8 Å². The fourth-order valence-electron chi connectivity index (χ4n) is 2.79. The quantitative estimate of drug-likeness (QED) is 0.642. The van der Waals surface area contributed by atoms with E-state index in [0.29, 0.717) is 26.3 Å². The van der Waals surface area contributed by atoms with E-state index in [9.17, 15) is 18.0 Å². The van der Waals surface area contributed by atoms with Gasteiger partial charge >= 0.3 is 0 Å². The van der Waals surface area contributed by atoms with Gasteiger partial charge in [-0.25, -0.2) is 0 Å². The summed E-state index contributed by atoms with van der Waals surface area (Å²) in [5.74, 6) is -1.01. The predicted octanol–water partition coefficient (Wildman–Crippen LogP) is -1.91. The van der Waals surface area contributed by atoms with E-state index >= 15 is 0 Å². The lowest BCUT2D eigenvalue weighted by Crippen LogP contribution is -2.51. The van der Waals surface area contributed by atoms with Gasteiger partial charge in [0.1, 0.15) is 0 Å². The van der Waals surface area contributed by atoms with Gasteiger partial charge in [-0.05, 0) is 0 Å². The molecule has 1 unspecified atom stereocenters. The molecular formula is C13H24N4O5S. The average Bonchev–Trinajstić information content (AvgIpc) is 2.78. The van der Waals surface area contributed by atoms with Gasteiger partial charge in [0.15, 0.2) is 0 Å². The smallest absolute Gasteiger partial charge is 0.282 e. The Kier molecular flexibility index (Phi) is 5.95. The number of carbonyl (C=O) groups excluding carboxylic acids is 2. The van der Waals surface area contributed by atoms with Crippen molar-refractivity contribution >= 4 is 22.0 Å². The zero-order valence-electron chi connectivity index (χ0n) is 13.5. The van der Waals surface area contributed by atoms with Crippen LogP contribution in [0.1, 0.15) is 6.92 Å². The van der Waals surface area contributed by atoms with Crippen molar-refractivity contribution < 1.29 is 22.7 Å². The summed E-state index contributed by atoms with van der Waals surface area (Å²) < 4.78 is 33.4. The molecule has 0 bridgehead atoms. The molecule has 2 aliphatic heterocycles. The van der Waals surface area contributed by atoms with E-state index in [4.69, 9.17) is 4.74 Å². The number of carbonyl (C=O) groups is 2. The van der Waals surface area contributed by atoms with Crippen LogP contribution in [0.5, 0.6) is 0 Å². The van der Waals surface area contributed by atoms with Crippen LogP contribution in [0.4, 0.5) is 0 Å². The van der Waals surface area contributed by atoms with Gasteiger partial charge < -0.3 is 15.0 Å². The Morgan fingerprint density at radius 1 is 1.04 bits per heavy atom. The van der Waals surface area contributed by atoms with Crippen LogP contribution in [0, 0.1) is 5.92 Å². The van der Waals surface area contributed by atoms with Crippen LogP contribution >= 0.6 is 0 Å². The number of nitrogens with one attached hydrogen (secondary N) is 1. The van der Waals surface area contributed by atoms with Crippen LogP contribution in [0.25, 0.3) is 0 Å². The third-order valence-corrected chi connectivity index (χ3v) is 6.17. The molecule has 9 nitrogen and oxygen atoms in total. The normalized spacial score (nSPS) is 25.0. The Labute approximate surface area is 136 Å². The Hall–Kier alpha value is -1.23. The van der Waals surface area contributed by atoms with Crippen molar-refractivity contribution in [1.29, 1.82) is 0 Å². The largest absolute Gasteiger partial charge is 0.379 e. The maximum Gasteiger partial charge on any atom is 0.282 e. The van der Waals surface area contributed by atoms with E-state index in [0.717, 1.165) is 0 Å². The molecule has 2 rings (SSSR count). The molecular weight excluding hydrogens is 324 g/mol. The van der Waals surface area contributed by atoms with Gasteiger partial charge in [0.05, 0.1) is 19.1 Å². The number of morpholine rings is 1. The molecule has 0 aromatic heterocycles. The number of ether oxygens (including phenoxy) is 1. The summed E-state index contributed by atoms with van der Waals surface area (Å²) in [5, 5.41) is 2.54. The van der Waals surface area contributed by atoms with Crippen LogP contribution in [0.3, 0.4) is 0 Å². The van der Waals surface area contributed by atoms with Crippen LogP contribution in [0.2, 0.25) is 0 Å². The van der Waals surface area contributed by atoms with E-state index in [2.05, 4.69) is 5.32 Å². The number of rotatable bonds is 3. The molecule has 1 atom stereocenters. The summed E-state index contributed by atoms with van der Waals surface area (Å²) in [6.45, 7) is 3.54. The van der Waals surface area contributed by atoms with E-state index in [1.165, 1.54) is 27.5 Å². The van der Waals surface area contributed by atoms with Gasteiger partial charge in [-0.1, -0.05) is 0 Å². The van der Waals surface area contributed by atoms with Crippen LogP contribution in [-0.2, 0) is 24.5 Å². The van der Waals surface area contributed by atoms with Gasteiger partial charge in [-0.3, -0.25) is 9.59 Å². The highest BCUT2D eigenvalue weighted by molar-refractivity contribution is 7.86. The van der Waals surface area contributed by atoms with Crippen LogP contribution in [0.15, 0.2) is 0 Å². The Morgan fingerprint density at radius 2 is 1.70 bits per heavy atom. The van der Waals surface area contributed by atoms with Crippen LogP contribution in [-0.4, -0.2) is 93.3 Å². The third-order valence-electron chi connectivity index (χ3n) is 4.17. The average molecular weight is 348 g/mol. The van der Waals surface area contributed by atoms with Gasteiger partial charge in [0, 0.05) is 53.2 Å². The van der Waals surface area contributed by atoms with Crippen molar-refractivity contribution in [2.24, 2.45) is 5.92 Å². The molecule has 2 aliphatic rings. The molecule has 1 N–H and O–H groups in total. The van der Waals surface area contributed by atoms with Crippen molar-refractivity contribution in [3.63, 3.8) is 0 Å². The minimum Gasteiger partial charge on any atom is -0.379 e. The molecule has 10 heteroatoms. The minimum atomic E-state index is -3.66. The zero-order valence-corrected chi connectivity index (χ0v) is 14.3. The first-order valence-electron chi connectivity index (χ1n) is 7.66. The summed E-state index contributed by atoms with van der Waals surface area (Å²) in [6.07, 6.45) is 0. The summed E-state index contributed by atoms with van der Waals surface area (Å²) in [6, 6.07) is 0. The second-order valence-corrected chi connectivity index (χ2v) is 7.58. The molecule has 0 radical (unpaired) electrons. The summed E-state index contributed by atoms with van der Waals surface area (Å²) in [5.41, 5.74) is 0. The van der Waals surface area contributed by atoms with E-state index < -0.39 is 16.1 Å². The summed E-state index contributed by atoms with van der Waals surface area (Å²) in [4.78, 5) is 25.2. The maximum atomic E-state index is 12.8. The topological polar surface area (TPSA) is 99.3 Å². The number of amides is 2. The van der Waals surface area contributed by atoms with Crippen molar-refractivity contribution in [2.45, 2.75) is 6.92 Å². The number of hydrogen-bond acceptors (Lipinski definition) is 5. The fourth-order valence-corrected chi connectivity index (χ4v) is 4.41. The molecule has 132 valence electrons. The lowest BCUT2D eigenvalue weighted by molar-refractivity contribution is -0.130. The van der Waals surface area contributed by atoms with E-state index in [1.807, 2.05) is 0 Å². The number of hydrogen-bond donors (Lipinski definition) is 1. The first kappa shape index (κ1) is 18.1. The second kappa shape index (κ2) is 7.56. The van der Waals surface area contributed by atoms with Gasteiger partial charge in [-0.15, -0.1) is 0 Å². The molecule has 0 saturated carbocycles. The van der Waals surface area contributed by atoms with Crippen molar-refractivity contribution in [3.05, 3.63) is 0 Å². The zero-order chi connectivity index (χ0) is 17.0. The van der Waals surface area contributed by atoms with Gasteiger partial charge in [-0.2, -0.15) is 17.0 Å². The molecule has 2 saturated heterocycles. The predicted molar refractivity (Wildman–Crippen MR) is 82.7 cm³/mol. The first-order valence-corrected chi connectivity index (χ1v) is 9.06. The highest BCUT2D eigenvalue weighted by Gasteiger charge is 2.37. The molecule has 0 aromatic carbocycles. The lowest BCUT2D eigenvalue weighted by Gasteiger charge is -2.32. The molecule has 2 heterocycles. The van der Waals surface area contributed by atoms with Crippen molar-refractivity contribution in [2.75, 3.05) is 59.5 Å². The Morgan fingerprint density at radius 3 is 2.26 bits per heavy atom. The Bertz CT molecular complexity index is 547. The van der Waals surface area contributed by atoms with Crippen LogP contribution < -0.4 is 5.32 Å². The molecule has 0 spiro atoms. The molecule has 23 heavy (non-hydrogen) atoms. The highest BCUT2D eigenvalue weighted by atomic mass is 32.2. The minimum absolute atomic E-state index is 0.0726. The Balaban J connectivity index is 2.20. The summed E-state index contributed by atoms with van der Waals surface area (Å²) in [7, 11) is -2.16. The van der Waals surface area contributed by atoms with Gasteiger partial charge in [0.25, 0.3) is 10.2 Å². The lowest BCUT2D eigenvalue weighted by atomic mass is 10.1.